The van der Waals surface area contributed by atoms with Crippen LogP contribution in [0.25, 0.3) is 0 Å². The van der Waals surface area contributed by atoms with E-state index in [0.717, 1.165) is 4.88 Å². The summed E-state index contributed by atoms with van der Waals surface area (Å²) in [6.45, 7) is 2.25. The van der Waals surface area contributed by atoms with Gasteiger partial charge in [-0.1, -0.05) is 23.2 Å². The number of halogens is 2. The first kappa shape index (κ1) is 16.6. The van der Waals surface area contributed by atoms with Gasteiger partial charge in [-0.15, -0.1) is 11.3 Å². The molecule has 0 saturated carbocycles. The van der Waals surface area contributed by atoms with Gasteiger partial charge in [-0.2, -0.15) is 0 Å². The second-order valence-corrected chi connectivity index (χ2v) is 7.86. The summed E-state index contributed by atoms with van der Waals surface area (Å²) < 4.78 is 27.7. The number of sulfonamides is 1. The predicted molar refractivity (Wildman–Crippen MR) is 89.1 cm³/mol. The van der Waals surface area contributed by atoms with Crippen LogP contribution in [0, 0.1) is 6.92 Å². The largest absolute Gasteiger partial charge is 0.315 e. The molecule has 2 aromatic rings. The van der Waals surface area contributed by atoms with Crippen LogP contribution < -0.4 is 10.0 Å². The SMILES string of the molecule is CNCc1scc(C)c1S(=O)(=O)Nc1cc(Cl)ccc1Cl. The van der Waals surface area contributed by atoms with E-state index in [1.54, 1.807) is 26.1 Å². The first-order valence-electron chi connectivity index (χ1n) is 6.04. The Kier molecular flexibility index (Phi) is 5.16. The number of nitrogens with one attached hydrogen (secondary N) is 2. The molecule has 2 N–H and O–H groups in total. The molecule has 21 heavy (non-hydrogen) atoms. The van der Waals surface area contributed by atoms with Crippen LogP contribution >= 0.6 is 34.5 Å². The van der Waals surface area contributed by atoms with Gasteiger partial charge in [0.05, 0.1) is 10.7 Å². The van der Waals surface area contributed by atoms with Crippen LogP contribution in [-0.2, 0) is 16.6 Å². The molecular weight excluding hydrogens is 351 g/mol. The number of benzene rings is 1. The first-order chi connectivity index (χ1) is 9.85. The van der Waals surface area contributed by atoms with E-state index in [2.05, 4.69) is 10.0 Å². The molecule has 8 heteroatoms. The maximum atomic E-state index is 12.6. The average molecular weight is 365 g/mol. The van der Waals surface area contributed by atoms with E-state index in [0.29, 0.717) is 22.2 Å². The van der Waals surface area contributed by atoms with Crippen molar-refractivity contribution in [3.8, 4) is 0 Å². The molecule has 4 nitrogen and oxygen atoms in total. The molecule has 1 aromatic carbocycles. The fourth-order valence-corrected chi connectivity index (χ4v) is 5.19. The number of hydrogen-bond donors (Lipinski definition) is 2. The van der Waals surface area contributed by atoms with Gasteiger partial charge >= 0.3 is 0 Å². The van der Waals surface area contributed by atoms with Crippen LogP contribution in [0.3, 0.4) is 0 Å². The molecule has 0 radical (unpaired) electrons. The number of hydrogen-bond acceptors (Lipinski definition) is 4. The predicted octanol–water partition coefficient (Wildman–Crippen LogP) is 3.88. The zero-order chi connectivity index (χ0) is 15.6. The lowest BCUT2D eigenvalue weighted by Crippen LogP contribution is -2.17. The van der Waals surface area contributed by atoms with Gasteiger partial charge in [-0.25, -0.2) is 8.42 Å². The van der Waals surface area contributed by atoms with Gasteiger partial charge in [0.2, 0.25) is 0 Å². The quantitative estimate of drug-likeness (QED) is 0.845. The summed E-state index contributed by atoms with van der Waals surface area (Å²) in [7, 11) is -1.94. The summed E-state index contributed by atoms with van der Waals surface area (Å²) in [5, 5.41) is 5.49. The van der Waals surface area contributed by atoms with Crippen molar-refractivity contribution < 1.29 is 8.42 Å². The molecule has 0 bridgehead atoms. The average Bonchev–Trinajstić information content (AvgIpc) is 2.76. The Morgan fingerprint density at radius 2 is 2.00 bits per heavy atom. The van der Waals surface area contributed by atoms with E-state index in [4.69, 9.17) is 23.2 Å². The smallest absolute Gasteiger partial charge is 0.263 e. The van der Waals surface area contributed by atoms with Gasteiger partial charge in [0.15, 0.2) is 0 Å². The fourth-order valence-electron chi connectivity index (χ4n) is 1.90. The highest BCUT2D eigenvalue weighted by Crippen LogP contribution is 2.31. The third kappa shape index (κ3) is 3.70. The molecule has 0 aliphatic carbocycles. The zero-order valence-corrected chi connectivity index (χ0v) is 14.6. The summed E-state index contributed by atoms with van der Waals surface area (Å²) >= 11 is 13.3. The van der Waals surface area contributed by atoms with Crippen LogP contribution in [0.5, 0.6) is 0 Å². The van der Waals surface area contributed by atoms with Gasteiger partial charge in [0.1, 0.15) is 4.90 Å². The molecule has 0 spiro atoms. The molecule has 0 atom stereocenters. The van der Waals surface area contributed by atoms with Crippen LogP contribution in [0.15, 0.2) is 28.5 Å². The van der Waals surface area contributed by atoms with Crippen molar-refractivity contribution in [1.29, 1.82) is 0 Å². The first-order valence-corrected chi connectivity index (χ1v) is 9.16. The molecular formula is C13H14Cl2N2O2S2. The zero-order valence-electron chi connectivity index (χ0n) is 11.4. The van der Waals surface area contributed by atoms with Gasteiger partial charge in [0.25, 0.3) is 10.0 Å². The van der Waals surface area contributed by atoms with Gasteiger partial charge in [0, 0.05) is 16.4 Å². The van der Waals surface area contributed by atoms with Crippen molar-refractivity contribution in [2.75, 3.05) is 11.8 Å². The van der Waals surface area contributed by atoms with Crippen molar-refractivity contribution in [2.45, 2.75) is 18.4 Å². The Bertz CT molecular complexity index is 758. The Hall–Kier alpha value is -0.790. The van der Waals surface area contributed by atoms with Crippen LogP contribution in [0.2, 0.25) is 10.0 Å². The maximum absolute atomic E-state index is 12.6. The van der Waals surface area contributed by atoms with Gasteiger partial charge in [-0.3, -0.25) is 4.72 Å². The fraction of sp³-hybridized carbons (Fsp3) is 0.231. The number of anilines is 1. The molecule has 0 unspecified atom stereocenters. The van der Waals surface area contributed by atoms with Crippen molar-refractivity contribution >= 4 is 50.2 Å². The summed E-state index contributed by atoms with van der Waals surface area (Å²) in [4.78, 5) is 1.04. The van der Waals surface area contributed by atoms with Crippen LogP contribution in [-0.4, -0.2) is 15.5 Å². The third-order valence-electron chi connectivity index (χ3n) is 2.77. The monoisotopic (exact) mass is 364 g/mol. The highest BCUT2D eigenvalue weighted by molar-refractivity contribution is 7.93. The van der Waals surface area contributed by atoms with E-state index in [1.807, 2.05) is 5.38 Å². The highest BCUT2D eigenvalue weighted by Gasteiger charge is 2.23. The van der Waals surface area contributed by atoms with Crippen LogP contribution in [0.1, 0.15) is 10.4 Å². The van der Waals surface area contributed by atoms with Crippen molar-refractivity contribution in [3.63, 3.8) is 0 Å². The maximum Gasteiger partial charge on any atom is 0.263 e. The molecule has 0 saturated heterocycles. The second kappa shape index (κ2) is 6.54. The van der Waals surface area contributed by atoms with E-state index in [-0.39, 0.29) is 10.6 Å². The molecule has 114 valence electrons. The topological polar surface area (TPSA) is 58.2 Å². The Balaban J connectivity index is 2.43. The summed E-state index contributed by atoms with van der Waals surface area (Å²) in [6, 6.07) is 4.64. The van der Waals surface area contributed by atoms with Crippen LogP contribution in [0.4, 0.5) is 5.69 Å². The second-order valence-electron chi connectivity index (χ2n) is 4.43. The summed E-state index contributed by atoms with van der Waals surface area (Å²) in [5.74, 6) is 0. The van der Waals surface area contributed by atoms with Crippen molar-refractivity contribution in [3.05, 3.63) is 44.1 Å². The molecule has 1 heterocycles. The van der Waals surface area contributed by atoms with E-state index < -0.39 is 10.0 Å². The normalized spacial score (nSPS) is 11.6. The van der Waals surface area contributed by atoms with E-state index in [1.165, 1.54) is 17.4 Å². The molecule has 0 aliphatic rings. The van der Waals surface area contributed by atoms with Gasteiger partial charge < -0.3 is 5.32 Å². The molecule has 1 aromatic heterocycles. The molecule has 0 fully saturated rings. The highest BCUT2D eigenvalue weighted by atomic mass is 35.5. The Labute approximate surface area is 138 Å². The number of aryl methyl sites for hydroxylation is 1. The summed E-state index contributed by atoms with van der Waals surface area (Å²) in [6.07, 6.45) is 0. The molecule has 0 aliphatic heterocycles. The lowest BCUT2D eigenvalue weighted by Gasteiger charge is -2.11. The number of thiophene rings is 1. The minimum atomic E-state index is -3.72. The molecule has 2 rings (SSSR count). The minimum Gasteiger partial charge on any atom is -0.315 e. The lowest BCUT2D eigenvalue weighted by molar-refractivity contribution is 0.599. The van der Waals surface area contributed by atoms with Crippen molar-refractivity contribution in [2.24, 2.45) is 0 Å². The standard InChI is InChI=1S/C13H14Cl2N2O2S2/c1-8-7-20-12(6-16-2)13(8)21(18,19)17-11-5-9(14)3-4-10(11)15/h3-5,7,16-17H,6H2,1-2H3. The van der Waals surface area contributed by atoms with Gasteiger partial charge in [-0.05, 0) is 43.1 Å². The van der Waals surface area contributed by atoms with E-state index >= 15 is 0 Å². The Morgan fingerprint density at radius 3 is 2.67 bits per heavy atom. The van der Waals surface area contributed by atoms with E-state index in [9.17, 15) is 8.42 Å². The Morgan fingerprint density at radius 1 is 1.29 bits per heavy atom. The summed E-state index contributed by atoms with van der Waals surface area (Å²) in [5.41, 5.74) is 0.973. The number of rotatable bonds is 5. The third-order valence-corrected chi connectivity index (χ3v) is 6.16. The molecule has 0 amide bonds. The lowest BCUT2D eigenvalue weighted by atomic mass is 10.3. The van der Waals surface area contributed by atoms with Crippen molar-refractivity contribution in [1.82, 2.24) is 5.32 Å². The minimum absolute atomic E-state index is 0.269.